The van der Waals surface area contributed by atoms with Crippen molar-refractivity contribution < 1.29 is 36.6 Å². The van der Waals surface area contributed by atoms with Gasteiger partial charge in [-0.1, -0.05) is 24.3 Å². The lowest BCUT2D eigenvalue weighted by molar-refractivity contribution is -0.290. The number of carbonyl (C=O) groups is 1. The van der Waals surface area contributed by atoms with Crippen molar-refractivity contribution in [3.05, 3.63) is 54.0 Å². The zero-order valence-electron chi connectivity index (χ0n) is 17.8. The van der Waals surface area contributed by atoms with E-state index in [-0.39, 0.29) is 18.3 Å². The van der Waals surface area contributed by atoms with Crippen molar-refractivity contribution in [2.75, 3.05) is 6.61 Å². The third kappa shape index (κ3) is 4.96. The van der Waals surface area contributed by atoms with E-state index in [1.165, 1.54) is 26.0 Å². The van der Waals surface area contributed by atoms with Gasteiger partial charge in [0, 0.05) is 23.4 Å². The van der Waals surface area contributed by atoms with Crippen molar-refractivity contribution in [3.63, 3.8) is 0 Å². The minimum atomic E-state index is -5.73. The number of nitrogens with one attached hydrogen (secondary N) is 1. The number of hydrogen-bond donors (Lipinski definition) is 2. The van der Waals surface area contributed by atoms with Crippen LogP contribution in [0.25, 0.3) is 22.5 Å². The maximum atomic E-state index is 13.5. The van der Waals surface area contributed by atoms with Gasteiger partial charge < -0.3 is 14.8 Å². The summed E-state index contributed by atoms with van der Waals surface area (Å²) in [7, 11) is 0. The standard InChI is InChI=1S/C22H20F5N3O3/c1-12-8-17(33-11-20(2,3)19(31)32)28-9-15(12)13-4-6-14(7-5-13)18-29-10-16(30-18)21(23,24)22(25,26)27/h4-10H,11H2,1-3H3,(H,29,30)(H,31,32). The number of alkyl halides is 5. The van der Waals surface area contributed by atoms with Gasteiger partial charge in [0.25, 0.3) is 0 Å². The van der Waals surface area contributed by atoms with Crippen LogP contribution in [0.15, 0.2) is 42.7 Å². The number of hydrogen-bond acceptors (Lipinski definition) is 4. The summed E-state index contributed by atoms with van der Waals surface area (Å²) in [6.07, 6.45) is -3.72. The van der Waals surface area contributed by atoms with Gasteiger partial charge in [0.2, 0.25) is 5.88 Å². The number of pyridine rings is 1. The number of rotatable bonds is 7. The van der Waals surface area contributed by atoms with Gasteiger partial charge in [0.1, 0.15) is 18.1 Å². The number of halogens is 5. The highest BCUT2D eigenvalue weighted by molar-refractivity contribution is 5.74. The fraction of sp³-hybridized carbons (Fsp3) is 0.318. The van der Waals surface area contributed by atoms with Crippen LogP contribution >= 0.6 is 0 Å². The molecule has 1 aromatic carbocycles. The Balaban J connectivity index is 1.78. The average Bonchev–Trinajstić information content (AvgIpc) is 3.23. The van der Waals surface area contributed by atoms with Crippen molar-refractivity contribution in [1.29, 1.82) is 0 Å². The first-order valence-corrected chi connectivity index (χ1v) is 9.66. The predicted molar refractivity (Wildman–Crippen MR) is 109 cm³/mol. The van der Waals surface area contributed by atoms with Crippen LogP contribution in [0.4, 0.5) is 22.0 Å². The molecular weight excluding hydrogens is 449 g/mol. The lowest BCUT2D eigenvalue weighted by Gasteiger charge is -2.19. The molecule has 11 heteroatoms. The van der Waals surface area contributed by atoms with Gasteiger partial charge >= 0.3 is 18.1 Å². The Kier molecular flexibility index (Phi) is 6.18. The number of benzene rings is 1. The average molecular weight is 469 g/mol. The molecule has 0 aliphatic carbocycles. The number of aromatic nitrogens is 3. The molecule has 0 fully saturated rings. The van der Waals surface area contributed by atoms with E-state index in [9.17, 15) is 26.7 Å². The van der Waals surface area contributed by atoms with Crippen LogP contribution in [0.5, 0.6) is 5.88 Å². The first-order valence-electron chi connectivity index (χ1n) is 9.66. The van der Waals surface area contributed by atoms with Gasteiger partial charge in [-0.25, -0.2) is 9.97 Å². The van der Waals surface area contributed by atoms with E-state index in [1.54, 1.807) is 31.3 Å². The molecule has 0 bridgehead atoms. The van der Waals surface area contributed by atoms with Crippen molar-refractivity contribution in [1.82, 2.24) is 15.0 Å². The van der Waals surface area contributed by atoms with Gasteiger partial charge in [-0.15, -0.1) is 0 Å². The number of aliphatic carboxylic acids is 1. The number of imidazole rings is 1. The maximum Gasteiger partial charge on any atom is 0.459 e. The first-order chi connectivity index (χ1) is 15.2. The molecular formula is C22H20F5N3O3. The summed E-state index contributed by atoms with van der Waals surface area (Å²) in [5.41, 5.74) is 0.134. The number of carboxylic acid groups (broad SMARTS) is 1. The number of aromatic amines is 1. The van der Waals surface area contributed by atoms with Gasteiger partial charge in [-0.05, 0) is 31.9 Å². The summed E-state index contributed by atoms with van der Waals surface area (Å²) < 4.78 is 70.1. The molecule has 0 aliphatic heterocycles. The molecule has 0 saturated carbocycles. The van der Waals surface area contributed by atoms with Crippen LogP contribution in [0.2, 0.25) is 0 Å². The van der Waals surface area contributed by atoms with E-state index < -0.39 is 29.2 Å². The van der Waals surface area contributed by atoms with Crippen molar-refractivity contribution in [2.24, 2.45) is 5.41 Å². The molecule has 176 valence electrons. The summed E-state index contributed by atoms with van der Waals surface area (Å²) in [6, 6.07) is 8.01. The molecule has 0 aliphatic rings. The Labute approximate surface area is 185 Å². The van der Waals surface area contributed by atoms with E-state index >= 15 is 0 Å². The highest BCUT2D eigenvalue weighted by Crippen LogP contribution is 2.43. The topological polar surface area (TPSA) is 88.1 Å². The number of aryl methyl sites for hydroxylation is 1. The Morgan fingerprint density at radius 3 is 2.18 bits per heavy atom. The van der Waals surface area contributed by atoms with E-state index in [4.69, 9.17) is 9.84 Å². The van der Waals surface area contributed by atoms with Crippen LogP contribution in [0, 0.1) is 12.3 Å². The minimum Gasteiger partial charge on any atom is -0.481 e. The highest BCUT2D eigenvalue weighted by atomic mass is 19.4. The van der Waals surface area contributed by atoms with E-state index in [0.717, 1.165) is 11.1 Å². The predicted octanol–water partition coefficient (Wildman–Crippen LogP) is 5.59. The molecule has 3 aromatic rings. The summed E-state index contributed by atoms with van der Waals surface area (Å²) >= 11 is 0. The molecule has 2 N–H and O–H groups in total. The summed E-state index contributed by atoms with van der Waals surface area (Å²) in [6.45, 7) is 4.80. The number of carboxylic acids is 1. The molecule has 0 atom stereocenters. The molecule has 3 rings (SSSR count). The molecule has 0 saturated heterocycles. The Bertz CT molecular complexity index is 1150. The first kappa shape index (κ1) is 24.1. The smallest absolute Gasteiger partial charge is 0.459 e. The summed E-state index contributed by atoms with van der Waals surface area (Å²) in [5, 5.41) is 9.15. The normalized spacial score (nSPS) is 12.6. The van der Waals surface area contributed by atoms with Crippen LogP contribution in [-0.4, -0.2) is 38.8 Å². The monoisotopic (exact) mass is 469 g/mol. The second-order valence-electron chi connectivity index (χ2n) is 8.11. The molecule has 33 heavy (non-hydrogen) atoms. The summed E-state index contributed by atoms with van der Waals surface area (Å²) in [4.78, 5) is 21.0. The SMILES string of the molecule is Cc1cc(OCC(C)(C)C(=O)O)ncc1-c1ccc(-c2ncc(C(F)(F)C(F)(F)F)[nH]2)cc1. The lowest BCUT2D eigenvalue weighted by atomic mass is 9.95. The van der Waals surface area contributed by atoms with Gasteiger partial charge in [0.15, 0.2) is 0 Å². The quantitative estimate of drug-likeness (QED) is 0.441. The summed E-state index contributed by atoms with van der Waals surface area (Å²) in [5.74, 6) is -5.90. The Hall–Kier alpha value is -3.50. The van der Waals surface area contributed by atoms with Crippen LogP contribution in [0.3, 0.4) is 0 Å². The molecule has 6 nitrogen and oxygen atoms in total. The molecule has 0 spiro atoms. The van der Waals surface area contributed by atoms with Crippen molar-refractivity contribution in [3.8, 4) is 28.4 Å². The lowest BCUT2D eigenvalue weighted by Crippen LogP contribution is -2.33. The van der Waals surface area contributed by atoms with Gasteiger partial charge in [-0.3, -0.25) is 4.79 Å². The molecule has 2 heterocycles. The highest BCUT2D eigenvalue weighted by Gasteiger charge is 2.60. The number of nitrogens with zero attached hydrogens (tertiary/aromatic N) is 2. The zero-order valence-corrected chi connectivity index (χ0v) is 17.8. The van der Waals surface area contributed by atoms with E-state index in [0.29, 0.717) is 17.3 Å². The molecule has 0 radical (unpaired) electrons. The fourth-order valence-corrected chi connectivity index (χ4v) is 2.82. The Morgan fingerprint density at radius 1 is 1.03 bits per heavy atom. The van der Waals surface area contributed by atoms with E-state index in [2.05, 4.69) is 9.97 Å². The van der Waals surface area contributed by atoms with Crippen LogP contribution in [0.1, 0.15) is 25.1 Å². The third-order valence-corrected chi connectivity index (χ3v) is 4.99. The van der Waals surface area contributed by atoms with Crippen LogP contribution in [-0.2, 0) is 10.7 Å². The molecule has 0 amide bonds. The van der Waals surface area contributed by atoms with Gasteiger partial charge in [-0.2, -0.15) is 22.0 Å². The molecule has 2 aromatic heterocycles. The molecule has 0 unspecified atom stereocenters. The third-order valence-electron chi connectivity index (χ3n) is 4.99. The zero-order chi connectivity index (χ0) is 24.6. The fourth-order valence-electron chi connectivity index (χ4n) is 2.82. The number of ether oxygens (including phenoxy) is 1. The van der Waals surface area contributed by atoms with Gasteiger partial charge in [0.05, 0.1) is 11.6 Å². The largest absolute Gasteiger partial charge is 0.481 e. The minimum absolute atomic E-state index is 0.0681. The van der Waals surface area contributed by atoms with Crippen LogP contribution < -0.4 is 4.74 Å². The second kappa shape index (κ2) is 8.45. The van der Waals surface area contributed by atoms with E-state index in [1.807, 2.05) is 4.98 Å². The number of H-pyrrole nitrogens is 1. The van der Waals surface area contributed by atoms with Crippen molar-refractivity contribution in [2.45, 2.75) is 32.9 Å². The maximum absolute atomic E-state index is 13.5. The van der Waals surface area contributed by atoms with Crippen molar-refractivity contribution >= 4 is 5.97 Å². The second-order valence-corrected chi connectivity index (χ2v) is 8.11. The Morgan fingerprint density at radius 2 is 1.64 bits per heavy atom.